The van der Waals surface area contributed by atoms with Crippen molar-refractivity contribution < 1.29 is 4.79 Å². The molecular formula is C15H24N4O. The van der Waals surface area contributed by atoms with E-state index in [1.165, 1.54) is 0 Å². The van der Waals surface area contributed by atoms with Gasteiger partial charge in [-0.1, -0.05) is 19.9 Å². The number of aromatic nitrogens is 1. The Hall–Kier alpha value is -1.62. The first-order valence-electron chi connectivity index (χ1n) is 7.34. The van der Waals surface area contributed by atoms with Gasteiger partial charge in [0.15, 0.2) is 0 Å². The van der Waals surface area contributed by atoms with E-state index in [-0.39, 0.29) is 11.8 Å². The standard InChI is InChI=1S/C15H24N4O/c1-3-12(2)15(20)19-8-6-18(7-9-19)14-5-4-13(10-16)11-17-14/h4-5,11-12H,3,6-10,16H2,1-2H3. The molecule has 110 valence electrons. The van der Waals surface area contributed by atoms with Crippen molar-refractivity contribution in [1.82, 2.24) is 9.88 Å². The first kappa shape index (κ1) is 14.8. The first-order valence-corrected chi connectivity index (χ1v) is 7.34. The monoisotopic (exact) mass is 276 g/mol. The number of carbonyl (C=O) groups excluding carboxylic acids is 1. The minimum Gasteiger partial charge on any atom is -0.353 e. The summed E-state index contributed by atoms with van der Waals surface area (Å²) in [6, 6.07) is 4.02. The van der Waals surface area contributed by atoms with Crippen molar-refractivity contribution in [3.05, 3.63) is 23.9 Å². The van der Waals surface area contributed by atoms with Gasteiger partial charge >= 0.3 is 0 Å². The fourth-order valence-corrected chi connectivity index (χ4v) is 2.37. The van der Waals surface area contributed by atoms with Gasteiger partial charge in [-0.25, -0.2) is 4.98 Å². The second-order valence-corrected chi connectivity index (χ2v) is 5.35. The summed E-state index contributed by atoms with van der Waals surface area (Å²) in [5, 5.41) is 0. The topological polar surface area (TPSA) is 62.5 Å². The zero-order valence-corrected chi connectivity index (χ0v) is 12.4. The van der Waals surface area contributed by atoms with Crippen LogP contribution in [-0.4, -0.2) is 42.0 Å². The van der Waals surface area contributed by atoms with Crippen molar-refractivity contribution in [3.8, 4) is 0 Å². The molecule has 1 aromatic heterocycles. The van der Waals surface area contributed by atoms with Gasteiger partial charge in [0.05, 0.1) is 0 Å². The third-order valence-electron chi connectivity index (χ3n) is 3.99. The maximum atomic E-state index is 12.1. The lowest BCUT2D eigenvalue weighted by Gasteiger charge is -2.36. The van der Waals surface area contributed by atoms with E-state index < -0.39 is 0 Å². The molecule has 1 aliphatic rings. The van der Waals surface area contributed by atoms with Crippen LogP contribution in [0, 0.1) is 5.92 Å². The Labute approximate surface area is 120 Å². The number of nitrogens with zero attached hydrogens (tertiary/aromatic N) is 3. The molecule has 0 spiro atoms. The number of nitrogens with two attached hydrogens (primary N) is 1. The summed E-state index contributed by atoms with van der Waals surface area (Å²) < 4.78 is 0. The van der Waals surface area contributed by atoms with E-state index in [0.717, 1.165) is 44.0 Å². The summed E-state index contributed by atoms with van der Waals surface area (Å²) in [6.45, 7) is 7.83. The van der Waals surface area contributed by atoms with E-state index in [4.69, 9.17) is 5.73 Å². The molecule has 1 fully saturated rings. The molecule has 20 heavy (non-hydrogen) atoms. The summed E-state index contributed by atoms with van der Waals surface area (Å²) in [4.78, 5) is 20.8. The summed E-state index contributed by atoms with van der Waals surface area (Å²) in [5.41, 5.74) is 6.61. The third-order valence-corrected chi connectivity index (χ3v) is 3.99. The molecule has 2 heterocycles. The Morgan fingerprint density at radius 1 is 1.35 bits per heavy atom. The minimum atomic E-state index is 0.128. The SMILES string of the molecule is CCC(C)C(=O)N1CCN(c2ccc(CN)cn2)CC1. The molecule has 0 aromatic carbocycles. The van der Waals surface area contributed by atoms with Crippen LogP contribution in [0.4, 0.5) is 5.82 Å². The maximum absolute atomic E-state index is 12.1. The van der Waals surface area contributed by atoms with Gasteiger partial charge in [0.2, 0.25) is 5.91 Å². The quantitative estimate of drug-likeness (QED) is 0.898. The number of anilines is 1. The van der Waals surface area contributed by atoms with Gasteiger partial charge in [0.25, 0.3) is 0 Å². The highest BCUT2D eigenvalue weighted by Gasteiger charge is 2.24. The Kier molecular flexibility index (Phi) is 4.95. The van der Waals surface area contributed by atoms with Gasteiger partial charge in [-0.2, -0.15) is 0 Å². The van der Waals surface area contributed by atoms with Gasteiger partial charge in [-0.05, 0) is 18.1 Å². The molecule has 1 saturated heterocycles. The van der Waals surface area contributed by atoms with Crippen LogP contribution in [0.25, 0.3) is 0 Å². The van der Waals surface area contributed by atoms with Crippen LogP contribution in [0.5, 0.6) is 0 Å². The number of hydrogen-bond acceptors (Lipinski definition) is 4. The van der Waals surface area contributed by atoms with E-state index in [0.29, 0.717) is 6.54 Å². The fraction of sp³-hybridized carbons (Fsp3) is 0.600. The highest BCUT2D eigenvalue weighted by atomic mass is 16.2. The van der Waals surface area contributed by atoms with Crippen LogP contribution in [0.3, 0.4) is 0 Å². The Balaban J connectivity index is 1.92. The fourth-order valence-electron chi connectivity index (χ4n) is 2.37. The average molecular weight is 276 g/mol. The highest BCUT2D eigenvalue weighted by Crippen LogP contribution is 2.16. The van der Waals surface area contributed by atoms with Crippen molar-refractivity contribution in [2.45, 2.75) is 26.8 Å². The molecule has 1 atom stereocenters. The molecule has 2 N–H and O–H groups in total. The summed E-state index contributed by atoms with van der Waals surface area (Å²) in [7, 11) is 0. The molecular weight excluding hydrogens is 252 g/mol. The number of piperazine rings is 1. The van der Waals surface area contributed by atoms with E-state index >= 15 is 0 Å². The third kappa shape index (κ3) is 3.28. The van der Waals surface area contributed by atoms with Gasteiger partial charge < -0.3 is 15.5 Å². The minimum absolute atomic E-state index is 0.128. The zero-order chi connectivity index (χ0) is 14.5. The molecule has 0 radical (unpaired) electrons. The molecule has 5 heteroatoms. The van der Waals surface area contributed by atoms with Gasteiger partial charge in [-0.15, -0.1) is 0 Å². The molecule has 5 nitrogen and oxygen atoms in total. The number of amides is 1. The predicted octanol–water partition coefficient (Wildman–Crippen LogP) is 1.24. The zero-order valence-electron chi connectivity index (χ0n) is 12.4. The van der Waals surface area contributed by atoms with Crippen molar-refractivity contribution in [2.75, 3.05) is 31.1 Å². The van der Waals surface area contributed by atoms with Crippen molar-refractivity contribution in [3.63, 3.8) is 0 Å². The lowest BCUT2D eigenvalue weighted by atomic mass is 10.1. The summed E-state index contributed by atoms with van der Waals surface area (Å²) in [5.74, 6) is 1.37. The van der Waals surface area contributed by atoms with Crippen LogP contribution < -0.4 is 10.6 Å². The lowest BCUT2D eigenvalue weighted by molar-refractivity contribution is -0.135. The lowest BCUT2D eigenvalue weighted by Crippen LogP contribution is -2.50. The predicted molar refractivity (Wildman–Crippen MR) is 80.4 cm³/mol. The molecule has 0 bridgehead atoms. The second-order valence-electron chi connectivity index (χ2n) is 5.35. The van der Waals surface area contributed by atoms with Crippen molar-refractivity contribution >= 4 is 11.7 Å². The average Bonchev–Trinajstić information content (AvgIpc) is 2.53. The van der Waals surface area contributed by atoms with E-state index in [1.807, 2.05) is 30.2 Å². The molecule has 0 saturated carbocycles. The van der Waals surface area contributed by atoms with Crippen LogP contribution in [0.2, 0.25) is 0 Å². The van der Waals surface area contributed by atoms with E-state index in [1.54, 1.807) is 0 Å². The summed E-state index contributed by atoms with van der Waals surface area (Å²) >= 11 is 0. The van der Waals surface area contributed by atoms with E-state index in [9.17, 15) is 4.79 Å². The first-order chi connectivity index (χ1) is 9.65. The maximum Gasteiger partial charge on any atom is 0.225 e. The highest BCUT2D eigenvalue weighted by molar-refractivity contribution is 5.78. The van der Waals surface area contributed by atoms with Crippen molar-refractivity contribution in [2.24, 2.45) is 11.7 Å². The number of carbonyl (C=O) groups is 1. The molecule has 1 unspecified atom stereocenters. The van der Waals surface area contributed by atoms with Crippen LogP contribution >= 0.6 is 0 Å². The Morgan fingerprint density at radius 3 is 2.55 bits per heavy atom. The molecule has 1 amide bonds. The smallest absolute Gasteiger partial charge is 0.225 e. The Bertz CT molecular complexity index is 438. The van der Waals surface area contributed by atoms with Crippen LogP contribution in [-0.2, 0) is 11.3 Å². The molecule has 0 aliphatic carbocycles. The van der Waals surface area contributed by atoms with Gasteiger partial charge in [-0.3, -0.25) is 4.79 Å². The van der Waals surface area contributed by atoms with E-state index in [2.05, 4.69) is 16.8 Å². The molecule has 1 aromatic rings. The number of pyridine rings is 1. The number of hydrogen-bond donors (Lipinski definition) is 1. The van der Waals surface area contributed by atoms with Crippen LogP contribution in [0.15, 0.2) is 18.3 Å². The van der Waals surface area contributed by atoms with Crippen LogP contribution in [0.1, 0.15) is 25.8 Å². The largest absolute Gasteiger partial charge is 0.353 e. The van der Waals surface area contributed by atoms with Gasteiger partial charge in [0, 0.05) is 44.8 Å². The second kappa shape index (κ2) is 6.70. The summed E-state index contributed by atoms with van der Waals surface area (Å²) in [6.07, 6.45) is 2.73. The van der Waals surface area contributed by atoms with Gasteiger partial charge in [0.1, 0.15) is 5.82 Å². The van der Waals surface area contributed by atoms with Crippen molar-refractivity contribution in [1.29, 1.82) is 0 Å². The molecule has 1 aliphatic heterocycles. The normalized spacial score (nSPS) is 17.1. The molecule has 2 rings (SSSR count). The number of rotatable bonds is 4. The Morgan fingerprint density at radius 2 is 2.05 bits per heavy atom.